The number of unbranched alkanes of at least 4 members (excludes halogenated alkanes) is 18. The van der Waals surface area contributed by atoms with Crippen molar-refractivity contribution in [3.8, 4) is 23.0 Å². The van der Waals surface area contributed by atoms with Gasteiger partial charge in [-0.1, -0.05) is 207 Å². The van der Waals surface area contributed by atoms with Crippen molar-refractivity contribution < 1.29 is 28.7 Å². The van der Waals surface area contributed by atoms with E-state index in [1.807, 2.05) is 48.5 Å². The summed E-state index contributed by atoms with van der Waals surface area (Å²) in [4.78, 5) is 54.5. The van der Waals surface area contributed by atoms with Gasteiger partial charge in [-0.05, 0) is 128 Å². The predicted octanol–water partition coefficient (Wildman–Crippen LogP) is 18.9. The normalized spacial score (nSPS) is 18.4. The molecule has 0 radical (unpaired) electrons. The molecule has 4 amide bonds. The van der Waals surface area contributed by atoms with Gasteiger partial charge in [0, 0.05) is 19.0 Å². The summed E-state index contributed by atoms with van der Waals surface area (Å²) < 4.78 is 12.3. The third-order valence-electron chi connectivity index (χ3n) is 17.7. The highest BCUT2D eigenvalue weighted by molar-refractivity contribution is 6.22. The summed E-state index contributed by atoms with van der Waals surface area (Å²) in [6.45, 7) is 11.8. The quantitative estimate of drug-likeness (QED) is 0.0342. The van der Waals surface area contributed by atoms with Crippen molar-refractivity contribution in [2.75, 3.05) is 13.6 Å². The van der Waals surface area contributed by atoms with Gasteiger partial charge in [0.25, 0.3) is 23.6 Å². The zero-order valence-electron chi connectivity index (χ0n) is 47.7. The Morgan fingerprint density at radius 2 is 0.750 bits per heavy atom. The third-order valence-corrected chi connectivity index (χ3v) is 17.7. The highest BCUT2D eigenvalue weighted by Gasteiger charge is 2.39. The first kappa shape index (κ1) is 58.4. The van der Waals surface area contributed by atoms with Crippen LogP contribution in [0.4, 0.5) is 0 Å². The van der Waals surface area contributed by atoms with Crippen molar-refractivity contribution in [1.82, 2.24) is 9.80 Å². The van der Waals surface area contributed by atoms with Gasteiger partial charge in [0.15, 0.2) is 0 Å². The number of rotatable bonds is 34. The first-order valence-corrected chi connectivity index (χ1v) is 30.5. The molecule has 1 saturated carbocycles. The van der Waals surface area contributed by atoms with Gasteiger partial charge in [0.05, 0.1) is 22.3 Å². The minimum Gasteiger partial charge on any atom is -0.457 e. The lowest BCUT2D eigenvalue weighted by Crippen LogP contribution is -2.35. The number of hydrogen-bond donors (Lipinski definition) is 0. The zero-order valence-corrected chi connectivity index (χ0v) is 47.7. The van der Waals surface area contributed by atoms with Crippen LogP contribution in [-0.2, 0) is 5.41 Å². The standard InChI is InChI=1S/C68H94N2O6/c1-7-10-13-16-20-25-30-51-34-33-50(29-24-15-12-9-3)58(31-26-21-17-14-11-8-2)59(51)32-27-22-18-19-23-28-47-70-66(73)61-46-44-57(49-63(61)67(70)74)76-55-41-37-53(38-42-55)68(4,5)52-35-39-54(40-36-52)75-56-43-45-60-62(48-56)65(72)69(6)64(60)71/h35-46,48-51,58-59H,7-34,47H2,1-6H3. The number of carbonyl (C=O) groups is 4. The predicted molar refractivity (Wildman–Crippen MR) is 310 cm³/mol. The molecule has 0 bridgehead atoms. The molecule has 76 heavy (non-hydrogen) atoms. The molecule has 1 aliphatic carbocycles. The Hall–Kier alpha value is -5.24. The molecule has 4 unspecified atom stereocenters. The second-order valence-electron chi connectivity index (χ2n) is 23.5. The van der Waals surface area contributed by atoms with E-state index in [0.717, 1.165) is 59.0 Å². The van der Waals surface area contributed by atoms with Crippen LogP contribution < -0.4 is 9.47 Å². The molecular weight excluding hydrogens is 941 g/mol. The van der Waals surface area contributed by atoms with E-state index in [4.69, 9.17) is 9.47 Å². The van der Waals surface area contributed by atoms with Crippen LogP contribution in [0.15, 0.2) is 84.9 Å². The minimum atomic E-state index is -0.342. The molecule has 0 saturated heterocycles. The molecular formula is C68H94N2O6. The van der Waals surface area contributed by atoms with Gasteiger partial charge in [0.1, 0.15) is 23.0 Å². The summed E-state index contributed by atoms with van der Waals surface area (Å²) >= 11 is 0. The number of hydrogen-bond acceptors (Lipinski definition) is 6. The Balaban J connectivity index is 0.856. The summed E-state index contributed by atoms with van der Waals surface area (Å²) in [7, 11) is 1.48. The Bertz CT molecular complexity index is 2480. The Labute approximate surface area is 458 Å². The molecule has 8 nitrogen and oxygen atoms in total. The monoisotopic (exact) mass is 1030 g/mol. The average Bonchev–Trinajstić information content (AvgIpc) is 3.80. The van der Waals surface area contributed by atoms with Crippen LogP contribution >= 0.6 is 0 Å². The average molecular weight is 1040 g/mol. The highest BCUT2D eigenvalue weighted by Crippen LogP contribution is 2.48. The fourth-order valence-electron chi connectivity index (χ4n) is 13.0. The summed E-state index contributed by atoms with van der Waals surface area (Å²) in [5.74, 6) is 4.90. The summed E-state index contributed by atoms with van der Waals surface area (Å²) in [6, 6.07) is 26.0. The van der Waals surface area contributed by atoms with Gasteiger partial charge in [-0.2, -0.15) is 0 Å². The Kier molecular flexibility index (Phi) is 22.7. The van der Waals surface area contributed by atoms with Crippen molar-refractivity contribution in [2.45, 2.75) is 220 Å². The Morgan fingerprint density at radius 3 is 1.21 bits per heavy atom. The second kappa shape index (κ2) is 29.5. The van der Waals surface area contributed by atoms with Gasteiger partial charge in [-0.25, -0.2) is 0 Å². The topological polar surface area (TPSA) is 93.2 Å². The lowest BCUT2D eigenvalue weighted by Gasteiger charge is -2.44. The molecule has 0 aromatic heterocycles. The number of nitrogens with zero attached hydrogens (tertiary/aromatic N) is 2. The van der Waals surface area contributed by atoms with Crippen molar-refractivity contribution >= 4 is 23.6 Å². The van der Waals surface area contributed by atoms with E-state index in [-0.39, 0.29) is 29.0 Å². The number of imide groups is 2. The van der Waals surface area contributed by atoms with Gasteiger partial charge < -0.3 is 9.47 Å². The van der Waals surface area contributed by atoms with E-state index in [9.17, 15) is 19.2 Å². The fraction of sp³-hybridized carbons (Fsp3) is 0.588. The maximum atomic E-state index is 13.7. The first-order chi connectivity index (χ1) is 36.9. The van der Waals surface area contributed by atoms with Crippen LogP contribution in [0.2, 0.25) is 0 Å². The first-order valence-electron chi connectivity index (χ1n) is 30.5. The number of ether oxygens (including phenoxy) is 2. The number of amides is 4. The van der Waals surface area contributed by atoms with Crippen LogP contribution in [-0.4, -0.2) is 47.0 Å². The molecule has 0 spiro atoms. The van der Waals surface area contributed by atoms with E-state index in [2.05, 4.69) is 34.6 Å². The number of benzene rings is 4. The molecule has 8 heteroatoms. The summed E-state index contributed by atoms with van der Waals surface area (Å²) in [6.07, 6.45) is 38.0. The van der Waals surface area contributed by atoms with E-state index in [1.165, 1.54) is 172 Å². The van der Waals surface area contributed by atoms with Gasteiger partial charge >= 0.3 is 0 Å². The number of fused-ring (bicyclic) bond motifs is 2. The van der Waals surface area contributed by atoms with E-state index in [1.54, 1.807) is 36.4 Å². The van der Waals surface area contributed by atoms with Crippen LogP contribution in [0.3, 0.4) is 0 Å². The summed E-state index contributed by atoms with van der Waals surface area (Å²) in [5.41, 5.74) is 3.43. The van der Waals surface area contributed by atoms with E-state index in [0.29, 0.717) is 51.8 Å². The largest absolute Gasteiger partial charge is 0.457 e. The molecule has 2 heterocycles. The van der Waals surface area contributed by atoms with Gasteiger partial charge in [-0.15, -0.1) is 0 Å². The van der Waals surface area contributed by atoms with Crippen molar-refractivity contribution in [3.05, 3.63) is 118 Å². The van der Waals surface area contributed by atoms with Crippen molar-refractivity contribution in [1.29, 1.82) is 0 Å². The third kappa shape index (κ3) is 15.5. The zero-order chi connectivity index (χ0) is 53.9. The molecule has 2 aliphatic heterocycles. The van der Waals surface area contributed by atoms with Gasteiger partial charge in [-0.3, -0.25) is 29.0 Å². The lowest BCUT2D eigenvalue weighted by atomic mass is 9.61. The molecule has 7 rings (SSSR count). The van der Waals surface area contributed by atoms with Gasteiger partial charge in [0.2, 0.25) is 0 Å². The Morgan fingerprint density at radius 1 is 0.408 bits per heavy atom. The molecule has 412 valence electrons. The van der Waals surface area contributed by atoms with Crippen LogP contribution in [0.25, 0.3) is 0 Å². The van der Waals surface area contributed by atoms with E-state index < -0.39 is 0 Å². The molecule has 4 aromatic rings. The molecule has 3 aliphatic rings. The molecule has 1 fully saturated rings. The minimum absolute atomic E-state index is 0.203. The smallest absolute Gasteiger partial charge is 0.261 e. The van der Waals surface area contributed by atoms with Crippen molar-refractivity contribution in [2.24, 2.45) is 23.7 Å². The molecule has 4 atom stereocenters. The van der Waals surface area contributed by atoms with Crippen LogP contribution in [0.1, 0.15) is 267 Å². The number of carbonyl (C=O) groups excluding carboxylic acids is 4. The SMILES string of the molecule is CCCCCCCCC1CCC(CCCCCC)C(CCCCCCCC)C1CCCCCCCCN1C(=O)c2ccc(Oc3ccc(C(C)(C)c4ccc(Oc5ccc6c(c5)C(=O)N(C)C6=O)cc4)cc3)cc2C1=O. The van der Waals surface area contributed by atoms with Crippen LogP contribution in [0, 0.1) is 23.7 Å². The summed E-state index contributed by atoms with van der Waals surface area (Å²) in [5, 5.41) is 0. The maximum Gasteiger partial charge on any atom is 0.261 e. The fourth-order valence-corrected chi connectivity index (χ4v) is 13.0. The molecule has 0 N–H and O–H groups in total. The lowest BCUT2D eigenvalue weighted by molar-refractivity contribution is 0.0581. The molecule has 4 aromatic carbocycles. The van der Waals surface area contributed by atoms with Crippen LogP contribution in [0.5, 0.6) is 23.0 Å². The second-order valence-corrected chi connectivity index (χ2v) is 23.5. The van der Waals surface area contributed by atoms with Crippen molar-refractivity contribution in [3.63, 3.8) is 0 Å². The highest BCUT2D eigenvalue weighted by atomic mass is 16.5. The van der Waals surface area contributed by atoms with E-state index >= 15 is 0 Å². The maximum absolute atomic E-state index is 13.7.